The normalized spacial score (nSPS) is 11.6. The van der Waals surface area contributed by atoms with Gasteiger partial charge >= 0.3 is 0 Å². The Morgan fingerprint density at radius 1 is 0.882 bits per heavy atom. The Labute approximate surface area is 196 Å². The number of nitrogens with two attached hydrogens (primary N) is 1. The highest BCUT2D eigenvalue weighted by molar-refractivity contribution is 5.88. The lowest BCUT2D eigenvalue weighted by Crippen LogP contribution is -2.10. The summed E-state index contributed by atoms with van der Waals surface area (Å²) in [6, 6.07) is 19.4. The number of nitrogens with one attached hydrogen (secondary N) is 1. The van der Waals surface area contributed by atoms with Gasteiger partial charge in [0.15, 0.2) is 0 Å². The van der Waals surface area contributed by atoms with Crippen LogP contribution in [0.2, 0.25) is 0 Å². The summed E-state index contributed by atoms with van der Waals surface area (Å²) in [5.41, 5.74) is 10.7. The van der Waals surface area contributed by atoms with Crippen molar-refractivity contribution in [3.63, 3.8) is 0 Å². The number of hydrogen-bond acceptors (Lipinski definition) is 3. The van der Waals surface area contributed by atoms with Crippen LogP contribution in [0.4, 0.5) is 14.7 Å². The molecule has 0 radical (unpaired) electrons. The van der Waals surface area contributed by atoms with Crippen LogP contribution in [-0.2, 0) is 0 Å². The third-order valence-electron chi connectivity index (χ3n) is 6.26. The van der Waals surface area contributed by atoms with Crippen LogP contribution >= 0.6 is 0 Å². The van der Waals surface area contributed by atoms with Crippen molar-refractivity contribution < 1.29 is 8.78 Å². The zero-order valence-corrected chi connectivity index (χ0v) is 19.0. The molecular formula is C27H25F2N5. The van der Waals surface area contributed by atoms with Gasteiger partial charge in [-0.1, -0.05) is 56.3 Å². The number of aromatic amines is 1. The van der Waals surface area contributed by atoms with Gasteiger partial charge in [0, 0.05) is 17.2 Å². The lowest BCUT2D eigenvalue weighted by atomic mass is 10.0. The van der Waals surface area contributed by atoms with Crippen LogP contribution in [0.5, 0.6) is 0 Å². The second-order valence-corrected chi connectivity index (χ2v) is 8.29. The summed E-state index contributed by atoms with van der Waals surface area (Å²) in [6.45, 7) is 4.25. The molecule has 0 atom stereocenters. The van der Waals surface area contributed by atoms with E-state index in [1.54, 1.807) is 0 Å². The van der Waals surface area contributed by atoms with Crippen molar-refractivity contribution >= 4 is 17.0 Å². The van der Waals surface area contributed by atoms with Gasteiger partial charge in [0.05, 0.1) is 28.0 Å². The van der Waals surface area contributed by atoms with Gasteiger partial charge in [-0.25, -0.2) is 18.7 Å². The molecule has 0 unspecified atom stereocenters. The first-order chi connectivity index (χ1) is 16.5. The fourth-order valence-corrected chi connectivity index (χ4v) is 4.53. The number of fused-ring (bicyclic) bond motifs is 1. The summed E-state index contributed by atoms with van der Waals surface area (Å²) in [4.78, 5) is 12.4. The molecule has 3 aromatic carbocycles. The van der Waals surface area contributed by atoms with Gasteiger partial charge in [0.1, 0.15) is 17.5 Å². The molecule has 5 aromatic rings. The van der Waals surface area contributed by atoms with Crippen LogP contribution in [0.1, 0.15) is 32.7 Å². The first kappa shape index (κ1) is 21.8. The van der Waals surface area contributed by atoms with E-state index in [0.29, 0.717) is 17.3 Å². The zero-order valence-electron chi connectivity index (χ0n) is 19.0. The highest BCUT2D eigenvalue weighted by atomic mass is 19.1. The van der Waals surface area contributed by atoms with Gasteiger partial charge < -0.3 is 15.3 Å². The van der Waals surface area contributed by atoms with Gasteiger partial charge in [-0.2, -0.15) is 0 Å². The summed E-state index contributed by atoms with van der Waals surface area (Å²) < 4.78 is 31.2. The minimum atomic E-state index is -0.671. The SMILES string of the molecule is CCC(CC)n1c(N)nc2ccc(-c3nc(-c4c(F)cccc4F)[nH]c3-c3ccccc3)cc21. The molecule has 0 amide bonds. The van der Waals surface area contributed by atoms with Gasteiger partial charge in [0.2, 0.25) is 5.95 Å². The lowest BCUT2D eigenvalue weighted by Gasteiger charge is -2.17. The lowest BCUT2D eigenvalue weighted by molar-refractivity contribution is 0.489. The summed E-state index contributed by atoms with van der Waals surface area (Å²) in [7, 11) is 0. The second-order valence-electron chi connectivity index (χ2n) is 8.29. The van der Waals surface area contributed by atoms with E-state index in [2.05, 4.69) is 33.4 Å². The maximum absolute atomic E-state index is 14.6. The quantitative estimate of drug-likeness (QED) is 0.289. The number of halogens is 2. The van der Waals surface area contributed by atoms with Gasteiger partial charge in [-0.3, -0.25) is 0 Å². The molecule has 2 heterocycles. The Bertz CT molecular complexity index is 1450. The smallest absolute Gasteiger partial charge is 0.201 e. The molecule has 0 saturated carbocycles. The number of anilines is 1. The Morgan fingerprint density at radius 2 is 1.59 bits per heavy atom. The Hall–Kier alpha value is -4.00. The number of aromatic nitrogens is 4. The summed E-state index contributed by atoms with van der Waals surface area (Å²) in [6.07, 6.45) is 1.84. The third kappa shape index (κ3) is 3.63. The zero-order chi connectivity index (χ0) is 23.8. The molecule has 34 heavy (non-hydrogen) atoms. The monoisotopic (exact) mass is 457 g/mol. The number of nitrogens with zero attached hydrogens (tertiary/aromatic N) is 3. The van der Waals surface area contributed by atoms with Gasteiger partial charge in [-0.05, 0) is 37.1 Å². The predicted octanol–water partition coefficient (Wildman–Crippen LogP) is 6.98. The predicted molar refractivity (Wildman–Crippen MR) is 132 cm³/mol. The molecule has 7 heteroatoms. The van der Waals surface area contributed by atoms with Crippen molar-refractivity contribution in [1.82, 2.24) is 19.5 Å². The first-order valence-corrected chi connectivity index (χ1v) is 11.4. The molecule has 172 valence electrons. The summed E-state index contributed by atoms with van der Waals surface area (Å²) in [5, 5.41) is 0. The van der Waals surface area contributed by atoms with Crippen molar-refractivity contribution in [2.45, 2.75) is 32.7 Å². The molecular weight excluding hydrogens is 432 g/mol. The molecule has 0 aliphatic rings. The molecule has 3 N–H and O–H groups in total. The molecule has 5 nitrogen and oxygen atoms in total. The maximum Gasteiger partial charge on any atom is 0.201 e. The summed E-state index contributed by atoms with van der Waals surface area (Å²) in [5.74, 6) is -0.734. The van der Waals surface area contributed by atoms with Crippen LogP contribution in [0, 0.1) is 11.6 Å². The van der Waals surface area contributed by atoms with E-state index >= 15 is 0 Å². The third-order valence-corrected chi connectivity index (χ3v) is 6.26. The second kappa shape index (κ2) is 8.74. The molecule has 0 aliphatic carbocycles. The number of benzene rings is 3. The van der Waals surface area contributed by atoms with E-state index in [4.69, 9.17) is 5.73 Å². The average molecular weight is 458 g/mol. The average Bonchev–Trinajstić information content (AvgIpc) is 3.42. The maximum atomic E-state index is 14.6. The molecule has 0 bridgehead atoms. The molecule has 0 saturated heterocycles. The molecule has 0 aliphatic heterocycles. The molecule has 0 fully saturated rings. The molecule has 0 spiro atoms. The van der Waals surface area contributed by atoms with Crippen molar-refractivity contribution in [3.8, 4) is 33.9 Å². The largest absolute Gasteiger partial charge is 0.369 e. The van der Waals surface area contributed by atoms with E-state index < -0.39 is 11.6 Å². The van der Waals surface area contributed by atoms with Gasteiger partial charge in [0.25, 0.3) is 0 Å². The minimum absolute atomic E-state index is 0.137. The van der Waals surface area contributed by atoms with Crippen molar-refractivity contribution in [2.75, 3.05) is 5.73 Å². The van der Waals surface area contributed by atoms with Crippen molar-refractivity contribution in [1.29, 1.82) is 0 Å². The van der Waals surface area contributed by atoms with E-state index in [9.17, 15) is 8.78 Å². The summed E-state index contributed by atoms with van der Waals surface area (Å²) >= 11 is 0. The topological polar surface area (TPSA) is 72.5 Å². The molecule has 5 rings (SSSR count). The van der Waals surface area contributed by atoms with E-state index in [1.807, 2.05) is 48.5 Å². The van der Waals surface area contributed by atoms with Crippen LogP contribution in [0.15, 0.2) is 66.7 Å². The Morgan fingerprint density at radius 3 is 2.26 bits per heavy atom. The van der Waals surface area contributed by atoms with E-state index in [-0.39, 0.29) is 17.4 Å². The molecule has 2 aromatic heterocycles. The number of imidazole rings is 2. The number of rotatable bonds is 6. The highest BCUT2D eigenvalue weighted by Gasteiger charge is 2.21. The van der Waals surface area contributed by atoms with Gasteiger partial charge in [-0.15, -0.1) is 0 Å². The number of nitrogen functional groups attached to an aromatic ring is 1. The highest BCUT2D eigenvalue weighted by Crippen LogP contribution is 2.36. The standard InChI is InChI=1S/C27H25F2N5/c1-3-18(4-2)34-22-15-17(13-14-21(22)31-27(34)30)25-24(16-9-6-5-7-10-16)32-26(33-25)23-19(28)11-8-12-20(23)29/h5-15,18H,3-4H2,1-2H3,(H2,30,31)(H,32,33). The first-order valence-electron chi connectivity index (χ1n) is 11.4. The van der Waals surface area contributed by atoms with Crippen molar-refractivity contribution in [2.24, 2.45) is 0 Å². The fourth-order valence-electron chi connectivity index (χ4n) is 4.53. The Kier molecular flexibility index (Phi) is 5.61. The Balaban J connectivity index is 1.75. The van der Waals surface area contributed by atoms with Crippen LogP contribution in [-0.4, -0.2) is 19.5 Å². The number of hydrogen-bond donors (Lipinski definition) is 2. The fraction of sp³-hybridized carbons (Fsp3) is 0.185. The van der Waals surface area contributed by atoms with Crippen LogP contribution in [0.25, 0.3) is 44.9 Å². The van der Waals surface area contributed by atoms with Crippen LogP contribution in [0.3, 0.4) is 0 Å². The van der Waals surface area contributed by atoms with Crippen LogP contribution < -0.4 is 5.73 Å². The number of H-pyrrole nitrogens is 1. The van der Waals surface area contributed by atoms with E-state index in [0.717, 1.165) is 35.0 Å². The minimum Gasteiger partial charge on any atom is -0.369 e. The van der Waals surface area contributed by atoms with Crippen molar-refractivity contribution in [3.05, 3.63) is 78.4 Å². The van der Waals surface area contributed by atoms with E-state index in [1.165, 1.54) is 18.2 Å².